The summed E-state index contributed by atoms with van der Waals surface area (Å²) >= 11 is 7.40. The normalized spacial score (nSPS) is 19.4. The fourth-order valence-corrected chi connectivity index (χ4v) is 5.16. The molecule has 0 bridgehead atoms. The quantitative estimate of drug-likeness (QED) is 0.778. The summed E-state index contributed by atoms with van der Waals surface area (Å²) in [6.07, 6.45) is 2.89. The molecule has 7 heteroatoms. The van der Waals surface area contributed by atoms with Gasteiger partial charge in [0.25, 0.3) is 0 Å². The van der Waals surface area contributed by atoms with Crippen LogP contribution >= 0.6 is 22.9 Å². The molecule has 1 aliphatic heterocycles. The Balaban J connectivity index is 1.37. The molecule has 1 N–H and O–H groups in total. The molecule has 0 saturated carbocycles. The van der Waals surface area contributed by atoms with Gasteiger partial charge in [0.1, 0.15) is 0 Å². The fraction of sp³-hybridized carbons (Fsp3) is 0.476. The zero-order valence-electron chi connectivity index (χ0n) is 16.1. The highest BCUT2D eigenvalue weighted by Crippen LogP contribution is 2.38. The number of benzene rings is 1. The molecule has 1 fully saturated rings. The number of anilines is 2. The summed E-state index contributed by atoms with van der Waals surface area (Å²) < 4.78 is 0. The third-order valence-electron chi connectivity index (χ3n) is 5.50. The van der Waals surface area contributed by atoms with Gasteiger partial charge in [-0.1, -0.05) is 42.9 Å². The minimum absolute atomic E-state index is 0.00329. The van der Waals surface area contributed by atoms with Crippen LogP contribution in [0.2, 0.25) is 5.02 Å². The van der Waals surface area contributed by atoms with E-state index in [-0.39, 0.29) is 23.0 Å². The lowest BCUT2D eigenvalue weighted by atomic mass is 9.78. The van der Waals surface area contributed by atoms with Crippen LogP contribution in [0.5, 0.6) is 0 Å². The predicted octanol–water partition coefficient (Wildman–Crippen LogP) is 4.81. The van der Waals surface area contributed by atoms with E-state index >= 15 is 0 Å². The third-order valence-corrected chi connectivity index (χ3v) is 6.79. The SMILES string of the molecule is CC1(C)CC(=O)c2sc(NC(=O)C3CCN(c4cccc(Cl)c4)CC3)nc2C1. The van der Waals surface area contributed by atoms with Crippen molar-refractivity contribution in [3.63, 3.8) is 0 Å². The second-order valence-corrected chi connectivity index (χ2v) is 9.90. The van der Waals surface area contributed by atoms with E-state index in [1.165, 1.54) is 11.3 Å². The van der Waals surface area contributed by atoms with Crippen molar-refractivity contribution in [2.45, 2.75) is 39.5 Å². The molecule has 0 unspecified atom stereocenters. The van der Waals surface area contributed by atoms with E-state index in [2.05, 4.69) is 29.0 Å². The molecular formula is C21H24ClN3O2S. The lowest BCUT2D eigenvalue weighted by Crippen LogP contribution is -2.38. The van der Waals surface area contributed by atoms with Gasteiger partial charge in [0, 0.05) is 36.1 Å². The molecule has 0 atom stereocenters. The molecule has 1 aromatic heterocycles. The van der Waals surface area contributed by atoms with Crippen LogP contribution in [0, 0.1) is 11.3 Å². The number of carbonyl (C=O) groups is 2. The number of nitrogens with one attached hydrogen (secondary N) is 1. The number of hydrogen-bond donors (Lipinski definition) is 1. The first-order chi connectivity index (χ1) is 13.3. The Bertz CT molecular complexity index is 916. The van der Waals surface area contributed by atoms with E-state index in [0.717, 1.165) is 48.8 Å². The zero-order chi connectivity index (χ0) is 19.9. The van der Waals surface area contributed by atoms with Crippen LogP contribution in [-0.2, 0) is 11.2 Å². The Labute approximate surface area is 174 Å². The second-order valence-electron chi connectivity index (χ2n) is 8.47. The van der Waals surface area contributed by atoms with Crippen LogP contribution in [0.25, 0.3) is 0 Å². The average molecular weight is 418 g/mol. The van der Waals surface area contributed by atoms with E-state index < -0.39 is 0 Å². The maximum Gasteiger partial charge on any atom is 0.229 e. The number of Topliss-reactive ketones (excluding diaryl/α,β-unsaturated/α-hetero) is 1. The van der Waals surface area contributed by atoms with E-state index in [4.69, 9.17) is 11.6 Å². The summed E-state index contributed by atoms with van der Waals surface area (Å²) in [6.45, 7) is 5.80. The minimum Gasteiger partial charge on any atom is -0.371 e. The number of amides is 1. The van der Waals surface area contributed by atoms with Crippen LogP contribution < -0.4 is 10.2 Å². The molecule has 4 rings (SSSR count). The predicted molar refractivity (Wildman–Crippen MR) is 114 cm³/mol. The Morgan fingerprint density at radius 3 is 2.75 bits per heavy atom. The number of nitrogens with zero attached hydrogens (tertiary/aromatic N) is 2. The molecule has 2 aliphatic rings. The van der Waals surface area contributed by atoms with Gasteiger partial charge >= 0.3 is 0 Å². The monoisotopic (exact) mass is 417 g/mol. The van der Waals surface area contributed by atoms with Crippen molar-refractivity contribution in [1.82, 2.24) is 4.98 Å². The van der Waals surface area contributed by atoms with E-state index in [1.54, 1.807) is 0 Å². The first-order valence-corrected chi connectivity index (χ1v) is 10.8. The summed E-state index contributed by atoms with van der Waals surface area (Å²) in [4.78, 5) is 32.6. The van der Waals surface area contributed by atoms with Crippen LogP contribution in [0.4, 0.5) is 10.8 Å². The molecule has 1 aromatic carbocycles. The molecule has 0 spiro atoms. The number of rotatable bonds is 3. The van der Waals surface area contributed by atoms with Gasteiger partial charge in [-0.15, -0.1) is 0 Å². The molecule has 1 saturated heterocycles. The minimum atomic E-state index is -0.0629. The molecule has 2 aromatic rings. The highest BCUT2D eigenvalue weighted by molar-refractivity contribution is 7.17. The van der Waals surface area contributed by atoms with E-state index in [0.29, 0.717) is 16.4 Å². The van der Waals surface area contributed by atoms with Gasteiger partial charge in [0.2, 0.25) is 5.91 Å². The average Bonchev–Trinajstić information content (AvgIpc) is 3.03. The van der Waals surface area contributed by atoms with Crippen LogP contribution in [0.1, 0.15) is 48.5 Å². The molecule has 5 nitrogen and oxygen atoms in total. The maximum atomic E-state index is 12.7. The first kappa shape index (κ1) is 19.4. The molecule has 1 aliphatic carbocycles. The molecule has 28 heavy (non-hydrogen) atoms. The summed E-state index contributed by atoms with van der Waals surface area (Å²) in [5, 5.41) is 4.24. The number of hydrogen-bond acceptors (Lipinski definition) is 5. The van der Waals surface area contributed by atoms with Crippen molar-refractivity contribution in [3.05, 3.63) is 39.9 Å². The zero-order valence-corrected chi connectivity index (χ0v) is 17.7. The summed E-state index contributed by atoms with van der Waals surface area (Å²) in [5.74, 6) is 0.103. The number of aromatic nitrogens is 1. The molecule has 148 valence electrons. The molecule has 2 heterocycles. The molecular weight excluding hydrogens is 394 g/mol. The first-order valence-electron chi connectivity index (χ1n) is 9.65. The van der Waals surface area contributed by atoms with Gasteiger partial charge in [-0.3, -0.25) is 9.59 Å². The summed E-state index contributed by atoms with van der Waals surface area (Å²) in [5.41, 5.74) is 1.87. The third kappa shape index (κ3) is 4.08. The number of halogens is 1. The largest absolute Gasteiger partial charge is 0.371 e. The van der Waals surface area contributed by atoms with Gasteiger partial charge in [-0.05, 0) is 42.9 Å². The van der Waals surface area contributed by atoms with Crippen molar-refractivity contribution in [2.24, 2.45) is 11.3 Å². The van der Waals surface area contributed by atoms with Gasteiger partial charge in [0.15, 0.2) is 10.9 Å². The number of carbonyl (C=O) groups excluding carboxylic acids is 2. The molecule has 0 radical (unpaired) electrons. The van der Waals surface area contributed by atoms with Gasteiger partial charge in [-0.25, -0.2) is 4.98 Å². The van der Waals surface area contributed by atoms with E-state index in [1.807, 2.05) is 24.3 Å². The Hall–Kier alpha value is -1.92. The Kier molecular flexibility index (Phi) is 5.19. The Morgan fingerprint density at radius 1 is 1.29 bits per heavy atom. The summed E-state index contributed by atoms with van der Waals surface area (Å²) in [6, 6.07) is 7.82. The van der Waals surface area contributed by atoms with Crippen molar-refractivity contribution in [3.8, 4) is 0 Å². The van der Waals surface area contributed by atoms with Crippen molar-refractivity contribution in [2.75, 3.05) is 23.3 Å². The number of piperidine rings is 1. The van der Waals surface area contributed by atoms with Crippen molar-refractivity contribution < 1.29 is 9.59 Å². The van der Waals surface area contributed by atoms with Gasteiger partial charge in [0.05, 0.1) is 10.6 Å². The topological polar surface area (TPSA) is 62.3 Å². The standard InChI is InChI=1S/C21H24ClN3O2S/c1-21(2)11-16-18(17(26)12-21)28-20(23-16)24-19(27)13-6-8-25(9-7-13)15-5-3-4-14(22)10-15/h3-5,10,13H,6-9,11-12H2,1-2H3,(H,23,24,27). The number of fused-ring (bicyclic) bond motifs is 1. The summed E-state index contributed by atoms with van der Waals surface area (Å²) in [7, 11) is 0. The Morgan fingerprint density at radius 2 is 2.04 bits per heavy atom. The highest BCUT2D eigenvalue weighted by atomic mass is 35.5. The number of thiazole rings is 1. The second kappa shape index (κ2) is 7.48. The lowest BCUT2D eigenvalue weighted by molar-refractivity contribution is -0.120. The smallest absolute Gasteiger partial charge is 0.229 e. The lowest BCUT2D eigenvalue weighted by Gasteiger charge is -2.32. The number of ketones is 1. The highest BCUT2D eigenvalue weighted by Gasteiger charge is 2.34. The molecule has 1 amide bonds. The van der Waals surface area contributed by atoms with Crippen LogP contribution in [0.3, 0.4) is 0 Å². The van der Waals surface area contributed by atoms with Crippen LogP contribution in [-0.4, -0.2) is 29.8 Å². The van der Waals surface area contributed by atoms with E-state index in [9.17, 15) is 9.59 Å². The van der Waals surface area contributed by atoms with Gasteiger partial charge in [-0.2, -0.15) is 0 Å². The van der Waals surface area contributed by atoms with Gasteiger partial charge < -0.3 is 10.2 Å². The van der Waals surface area contributed by atoms with Crippen LogP contribution in [0.15, 0.2) is 24.3 Å². The van der Waals surface area contributed by atoms with Crippen molar-refractivity contribution >= 4 is 45.4 Å². The maximum absolute atomic E-state index is 12.7. The van der Waals surface area contributed by atoms with Crippen molar-refractivity contribution in [1.29, 1.82) is 0 Å². The fourth-order valence-electron chi connectivity index (χ4n) is 4.05.